The van der Waals surface area contributed by atoms with Crippen LogP contribution in [0.4, 0.5) is 26.3 Å². The molecule has 7 heteroatoms. The van der Waals surface area contributed by atoms with Crippen molar-refractivity contribution in [2.24, 2.45) is 17.8 Å². The van der Waals surface area contributed by atoms with Crippen LogP contribution in [-0.2, 0) is 4.74 Å². The average molecular weight is 466 g/mol. The number of rotatable bonds is 3. The van der Waals surface area contributed by atoms with Crippen molar-refractivity contribution < 1.29 is 31.1 Å². The molecule has 1 nitrogen and oxygen atoms in total. The Morgan fingerprint density at radius 2 is 1.61 bits per heavy atom. The predicted octanol–water partition coefficient (Wildman–Crippen LogP) is 7.63. The summed E-state index contributed by atoms with van der Waals surface area (Å²) in [4.78, 5) is 0. The van der Waals surface area contributed by atoms with Gasteiger partial charge in [-0.25, -0.2) is 13.2 Å². The van der Waals surface area contributed by atoms with Gasteiger partial charge in [0.05, 0.1) is 23.7 Å². The highest BCUT2D eigenvalue weighted by molar-refractivity contribution is 5.86. The van der Waals surface area contributed by atoms with Crippen LogP contribution in [0.5, 0.6) is 0 Å². The Morgan fingerprint density at radius 1 is 0.909 bits per heavy atom. The summed E-state index contributed by atoms with van der Waals surface area (Å²) in [6.07, 6.45) is 2.83. The highest BCUT2D eigenvalue weighted by Crippen LogP contribution is 2.41. The fraction of sp³-hybridized carbons (Fsp3) is 0.462. The van der Waals surface area contributed by atoms with Gasteiger partial charge in [-0.3, -0.25) is 0 Å². The Bertz CT molecular complexity index is 1090. The first-order valence-electron chi connectivity index (χ1n) is 11.1. The van der Waals surface area contributed by atoms with Crippen LogP contribution in [-0.4, -0.2) is 12.8 Å². The third-order valence-corrected chi connectivity index (χ3v) is 6.93. The molecule has 1 aliphatic carbocycles. The van der Waals surface area contributed by atoms with Crippen molar-refractivity contribution in [2.75, 3.05) is 6.61 Å². The predicted molar refractivity (Wildman–Crippen MR) is 114 cm³/mol. The molecule has 2 aromatic rings. The molecule has 176 valence electrons. The summed E-state index contributed by atoms with van der Waals surface area (Å²) in [7, 11) is 0. The minimum absolute atomic E-state index is 0.0778. The van der Waals surface area contributed by atoms with Crippen LogP contribution in [0.25, 0.3) is 10.8 Å². The van der Waals surface area contributed by atoms with Crippen molar-refractivity contribution in [3.8, 4) is 11.8 Å². The Labute approximate surface area is 188 Å². The van der Waals surface area contributed by atoms with Crippen molar-refractivity contribution >= 4 is 10.8 Å². The van der Waals surface area contributed by atoms with Gasteiger partial charge in [-0.2, -0.15) is 13.2 Å². The lowest BCUT2D eigenvalue weighted by Gasteiger charge is -2.37. The molecule has 0 aromatic heterocycles. The number of hydrogen-bond acceptors (Lipinski definition) is 1. The monoisotopic (exact) mass is 466 g/mol. The van der Waals surface area contributed by atoms with Crippen LogP contribution in [0, 0.1) is 47.0 Å². The van der Waals surface area contributed by atoms with E-state index in [2.05, 4.69) is 6.58 Å². The van der Waals surface area contributed by atoms with Gasteiger partial charge >= 0.3 is 6.18 Å². The quantitative estimate of drug-likeness (QED) is 0.257. The maximum absolute atomic E-state index is 14.8. The van der Waals surface area contributed by atoms with E-state index in [1.54, 1.807) is 0 Å². The van der Waals surface area contributed by atoms with Gasteiger partial charge in [0.25, 0.3) is 0 Å². The van der Waals surface area contributed by atoms with Crippen molar-refractivity contribution in [3.05, 3.63) is 59.4 Å². The first-order chi connectivity index (χ1) is 15.7. The van der Waals surface area contributed by atoms with E-state index in [-0.39, 0.29) is 5.39 Å². The van der Waals surface area contributed by atoms with Gasteiger partial charge < -0.3 is 4.74 Å². The van der Waals surface area contributed by atoms with Crippen LogP contribution < -0.4 is 0 Å². The van der Waals surface area contributed by atoms with E-state index in [0.29, 0.717) is 36.3 Å². The highest BCUT2D eigenvalue weighted by atomic mass is 19.4. The smallest absolute Gasteiger partial charge is 0.373 e. The molecule has 33 heavy (non-hydrogen) atoms. The second-order valence-electron chi connectivity index (χ2n) is 8.97. The first-order valence-corrected chi connectivity index (χ1v) is 11.1. The molecule has 0 amide bonds. The van der Waals surface area contributed by atoms with Gasteiger partial charge in [0.1, 0.15) is 11.6 Å². The molecule has 4 rings (SSSR count). The Balaban J connectivity index is 1.53. The van der Waals surface area contributed by atoms with E-state index in [1.807, 2.05) is 6.08 Å². The number of hydrogen-bond donors (Lipinski definition) is 0. The summed E-state index contributed by atoms with van der Waals surface area (Å²) in [5.41, 5.74) is -0.642. The summed E-state index contributed by atoms with van der Waals surface area (Å²) in [6.45, 7) is 4.42. The van der Waals surface area contributed by atoms with Crippen molar-refractivity contribution in [1.29, 1.82) is 0 Å². The molecule has 1 aliphatic heterocycles. The Kier molecular flexibility index (Phi) is 6.76. The molecule has 1 heterocycles. The SMILES string of the molecule is C=CC1CCC(C2CCC(c3cc(F)c4c(F)c(C#CC(F)(F)F)c(F)cc4c3)OC2)CC1. The van der Waals surface area contributed by atoms with Crippen LogP contribution in [0.3, 0.4) is 0 Å². The summed E-state index contributed by atoms with van der Waals surface area (Å²) in [6, 6.07) is 3.37. The lowest BCUT2D eigenvalue weighted by molar-refractivity contribution is -0.0696. The topological polar surface area (TPSA) is 9.23 Å². The molecular formula is C26H24F6O. The number of alkyl halides is 3. The van der Waals surface area contributed by atoms with Gasteiger partial charge in [0, 0.05) is 5.92 Å². The number of ether oxygens (including phenoxy) is 1. The van der Waals surface area contributed by atoms with Crippen molar-refractivity contribution in [3.63, 3.8) is 0 Å². The molecule has 2 unspecified atom stereocenters. The average Bonchev–Trinajstić information content (AvgIpc) is 2.78. The third kappa shape index (κ3) is 5.22. The van der Waals surface area contributed by atoms with Crippen LogP contribution in [0.15, 0.2) is 30.9 Å². The zero-order valence-corrected chi connectivity index (χ0v) is 18.0. The first kappa shape index (κ1) is 23.7. The summed E-state index contributed by atoms with van der Waals surface area (Å²) in [5.74, 6) is 0.181. The second kappa shape index (κ2) is 9.42. The summed E-state index contributed by atoms with van der Waals surface area (Å²) in [5, 5.41) is -0.662. The summed E-state index contributed by atoms with van der Waals surface area (Å²) < 4.78 is 86.8. The minimum Gasteiger partial charge on any atom is -0.373 e. The molecule has 0 spiro atoms. The standard InChI is InChI=1S/C26H24F6O/c1-2-15-3-5-16(6-4-15)17-7-8-23(33-14-17)18-11-19-13-21(27)20(9-10-26(30,31)32)25(29)24(19)22(28)12-18/h2,11-13,15-17,23H,1,3-8,14H2. The van der Waals surface area contributed by atoms with E-state index < -0.39 is 40.7 Å². The highest BCUT2D eigenvalue weighted by Gasteiger charge is 2.32. The van der Waals surface area contributed by atoms with Gasteiger partial charge in [-0.15, -0.1) is 6.58 Å². The fourth-order valence-electron chi connectivity index (χ4n) is 5.13. The van der Waals surface area contributed by atoms with Gasteiger partial charge in [-0.1, -0.05) is 12.0 Å². The molecule has 0 radical (unpaired) electrons. The molecule has 0 bridgehead atoms. The van der Waals surface area contributed by atoms with E-state index in [1.165, 1.54) is 12.0 Å². The van der Waals surface area contributed by atoms with Crippen LogP contribution >= 0.6 is 0 Å². The molecule has 1 saturated heterocycles. The van der Waals surface area contributed by atoms with Crippen molar-refractivity contribution in [1.82, 2.24) is 0 Å². The van der Waals surface area contributed by atoms with E-state index >= 15 is 0 Å². The molecule has 2 fully saturated rings. The number of benzene rings is 2. The lowest BCUT2D eigenvalue weighted by Crippen LogP contribution is -2.29. The lowest BCUT2D eigenvalue weighted by atomic mass is 9.73. The Morgan fingerprint density at radius 3 is 2.21 bits per heavy atom. The normalized spacial score (nSPS) is 26.0. The van der Waals surface area contributed by atoms with Crippen molar-refractivity contribution in [2.45, 2.75) is 50.8 Å². The zero-order chi connectivity index (χ0) is 23.8. The molecule has 0 N–H and O–H groups in total. The third-order valence-electron chi connectivity index (χ3n) is 6.93. The van der Waals surface area contributed by atoms with Gasteiger partial charge in [-0.05, 0) is 85.4 Å². The largest absolute Gasteiger partial charge is 0.458 e. The number of fused-ring (bicyclic) bond motifs is 1. The molecule has 2 aromatic carbocycles. The number of halogens is 6. The van der Waals surface area contributed by atoms with Crippen LogP contribution in [0.2, 0.25) is 0 Å². The number of allylic oxidation sites excluding steroid dienone is 1. The maximum atomic E-state index is 14.8. The zero-order valence-electron chi connectivity index (χ0n) is 18.0. The van der Waals surface area contributed by atoms with E-state index in [0.717, 1.165) is 50.2 Å². The van der Waals surface area contributed by atoms with E-state index in [4.69, 9.17) is 4.74 Å². The molecule has 1 saturated carbocycles. The van der Waals surface area contributed by atoms with E-state index in [9.17, 15) is 26.3 Å². The summed E-state index contributed by atoms with van der Waals surface area (Å²) >= 11 is 0. The van der Waals surface area contributed by atoms with Gasteiger partial charge in [0.2, 0.25) is 0 Å². The minimum atomic E-state index is -4.92. The molecule has 2 aliphatic rings. The Hall–Kier alpha value is -2.46. The fourth-order valence-corrected chi connectivity index (χ4v) is 5.13. The van der Waals surface area contributed by atoms with Gasteiger partial charge in [0.15, 0.2) is 5.82 Å². The maximum Gasteiger partial charge on any atom is 0.458 e. The molecule has 2 atom stereocenters. The van der Waals surface area contributed by atoms with Crippen LogP contribution in [0.1, 0.15) is 55.8 Å². The molecular weight excluding hydrogens is 442 g/mol. The second-order valence-corrected chi connectivity index (χ2v) is 8.97.